The first-order valence-electron chi connectivity index (χ1n) is 7.26. The van der Waals surface area contributed by atoms with Gasteiger partial charge in [-0.15, -0.1) is 0 Å². The van der Waals surface area contributed by atoms with E-state index in [0.717, 1.165) is 31.7 Å². The summed E-state index contributed by atoms with van der Waals surface area (Å²) in [5.74, 6) is 0.749. The van der Waals surface area contributed by atoms with Gasteiger partial charge in [0, 0.05) is 30.4 Å². The van der Waals surface area contributed by atoms with E-state index in [1.165, 1.54) is 12.8 Å². The molecule has 3 rings (SSSR count). The highest BCUT2D eigenvalue weighted by Gasteiger charge is 2.33. The lowest BCUT2D eigenvalue weighted by Gasteiger charge is -2.26. The number of rotatable bonds is 5. The van der Waals surface area contributed by atoms with Gasteiger partial charge in [-0.2, -0.15) is 0 Å². The minimum absolute atomic E-state index is 0.167. The molecular weight excluding hydrogens is 256 g/mol. The Kier molecular flexibility index (Phi) is 3.56. The Balaban J connectivity index is 1.83. The molecule has 0 spiro atoms. The lowest BCUT2D eigenvalue weighted by molar-refractivity contribution is -0.385. The first-order chi connectivity index (χ1) is 9.65. The molecule has 1 unspecified atom stereocenters. The van der Waals surface area contributed by atoms with Crippen LogP contribution in [-0.4, -0.2) is 35.1 Å². The highest BCUT2D eigenvalue weighted by Crippen LogP contribution is 2.33. The van der Waals surface area contributed by atoms with Gasteiger partial charge in [-0.05, 0) is 39.2 Å². The third-order valence-corrected chi connectivity index (χ3v) is 4.12. The summed E-state index contributed by atoms with van der Waals surface area (Å²) in [5.41, 5.74) is 0.786. The van der Waals surface area contributed by atoms with Crippen molar-refractivity contribution in [1.29, 1.82) is 0 Å². The number of pyridine rings is 1. The summed E-state index contributed by atoms with van der Waals surface area (Å²) in [5, 5.41) is 14.6. The second kappa shape index (κ2) is 5.36. The number of nitrogens with zero attached hydrogens (tertiary/aromatic N) is 3. The second-order valence-corrected chi connectivity index (χ2v) is 5.76. The minimum atomic E-state index is -0.320. The Morgan fingerprint density at radius 1 is 1.50 bits per heavy atom. The third-order valence-electron chi connectivity index (χ3n) is 4.12. The molecule has 2 heterocycles. The molecule has 1 saturated heterocycles. The number of nitro groups is 1. The van der Waals surface area contributed by atoms with Crippen LogP contribution in [0.3, 0.4) is 0 Å². The van der Waals surface area contributed by atoms with E-state index >= 15 is 0 Å². The van der Waals surface area contributed by atoms with Crippen molar-refractivity contribution in [2.75, 3.05) is 18.0 Å². The van der Waals surface area contributed by atoms with Gasteiger partial charge in [-0.3, -0.25) is 10.1 Å². The molecule has 0 amide bonds. The molecule has 108 valence electrons. The maximum atomic E-state index is 11.1. The van der Waals surface area contributed by atoms with Crippen LogP contribution < -0.4 is 10.2 Å². The first-order valence-corrected chi connectivity index (χ1v) is 7.26. The Hall–Kier alpha value is -1.69. The SMILES string of the molecule is Cc1cnc(N(CC2CCCN2)C2CC2)cc1[N+](=O)[O-]. The number of aryl methyl sites for hydroxylation is 1. The molecule has 1 aromatic heterocycles. The zero-order chi connectivity index (χ0) is 14.1. The summed E-state index contributed by atoms with van der Waals surface area (Å²) in [7, 11) is 0. The molecule has 0 aromatic carbocycles. The molecular formula is C14H20N4O2. The Bertz CT molecular complexity index is 510. The van der Waals surface area contributed by atoms with Gasteiger partial charge in [-0.25, -0.2) is 4.98 Å². The van der Waals surface area contributed by atoms with Crippen molar-refractivity contribution in [3.05, 3.63) is 27.9 Å². The summed E-state index contributed by atoms with van der Waals surface area (Å²) in [6, 6.07) is 2.62. The fraction of sp³-hybridized carbons (Fsp3) is 0.643. The summed E-state index contributed by atoms with van der Waals surface area (Å²) >= 11 is 0. The smallest absolute Gasteiger partial charge is 0.277 e. The van der Waals surface area contributed by atoms with E-state index in [2.05, 4.69) is 15.2 Å². The maximum Gasteiger partial charge on any atom is 0.277 e. The van der Waals surface area contributed by atoms with Crippen LogP contribution in [0.1, 0.15) is 31.2 Å². The van der Waals surface area contributed by atoms with Gasteiger partial charge in [-0.1, -0.05) is 0 Å². The van der Waals surface area contributed by atoms with Crippen molar-refractivity contribution < 1.29 is 4.92 Å². The van der Waals surface area contributed by atoms with Gasteiger partial charge in [0.15, 0.2) is 0 Å². The van der Waals surface area contributed by atoms with Gasteiger partial charge in [0.1, 0.15) is 5.82 Å². The molecule has 1 aromatic rings. The van der Waals surface area contributed by atoms with Crippen LogP contribution in [0.4, 0.5) is 11.5 Å². The van der Waals surface area contributed by atoms with Gasteiger partial charge < -0.3 is 10.2 Å². The van der Waals surface area contributed by atoms with Crippen LogP contribution in [0.15, 0.2) is 12.3 Å². The third kappa shape index (κ3) is 2.75. The summed E-state index contributed by atoms with van der Waals surface area (Å²) in [6.07, 6.45) is 6.33. The fourth-order valence-electron chi connectivity index (χ4n) is 2.82. The normalized spacial score (nSPS) is 21.9. The molecule has 6 nitrogen and oxygen atoms in total. The quantitative estimate of drug-likeness (QED) is 0.658. The Labute approximate surface area is 118 Å². The summed E-state index contributed by atoms with van der Waals surface area (Å²) in [4.78, 5) is 17.4. The fourth-order valence-corrected chi connectivity index (χ4v) is 2.82. The van der Waals surface area contributed by atoms with Crippen molar-refractivity contribution >= 4 is 11.5 Å². The molecule has 6 heteroatoms. The molecule has 1 atom stereocenters. The Morgan fingerprint density at radius 2 is 2.30 bits per heavy atom. The van der Waals surface area contributed by atoms with Gasteiger partial charge in [0.2, 0.25) is 0 Å². The van der Waals surface area contributed by atoms with Crippen LogP contribution in [-0.2, 0) is 0 Å². The molecule has 2 aliphatic rings. The largest absolute Gasteiger partial charge is 0.352 e. The van der Waals surface area contributed by atoms with Crippen molar-refractivity contribution in [3.8, 4) is 0 Å². The molecule has 1 aliphatic carbocycles. The van der Waals surface area contributed by atoms with Gasteiger partial charge in [0.25, 0.3) is 5.69 Å². The predicted molar refractivity (Wildman–Crippen MR) is 77.0 cm³/mol. The zero-order valence-electron chi connectivity index (χ0n) is 11.7. The van der Waals surface area contributed by atoms with Gasteiger partial charge >= 0.3 is 0 Å². The molecule has 1 saturated carbocycles. The van der Waals surface area contributed by atoms with E-state index < -0.39 is 0 Å². The average Bonchev–Trinajstić information content (AvgIpc) is 3.14. The first kappa shape index (κ1) is 13.3. The van der Waals surface area contributed by atoms with E-state index in [4.69, 9.17) is 0 Å². The number of hydrogen-bond acceptors (Lipinski definition) is 5. The average molecular weight is 276 g/mol. The van der Waals surface area contributed by atoms with E-state index in [-0.39, 0.29) is 10.6 Å². The van der Waals surface area contributed by atoms with Crippen molar-refractivity contribution in [2.24, 2.45) is 0 Å². The summed E-state index contributed by atoms with van der Waals surface area (Å²) < 4.78 is 0. The van der Waals surface area contributed by atoms with Crippen LogP contribution >= 0.6 is 0 Å². The zero-order valence-corrected chi connectivity index (χ0v) is 11.7. The topological polar surface area (TPSA) is 71.3 Å². The lowest BCUT2D eigenvalue weighted by Crippen LogP contribution is -2.39. The van der Waals surface area contributed by atoms with Crippen LogP contribution in [0.5, 0.6) is 0 Å². The Morgan fingerprint density at radius 3 is 2.90 bits per heavy atom. The number of nitrogens with one attached hydrogen (secondary N) is 1. The number of anilines is 1. The molecule has 1 aliphatic heterocycles. The monoisotopic (exact) mass is 276 g/mol. The van der Waals surface area contributed by atoms with Gasteiger partial charge in [0.05, 0.1) is 11.0 Å². The van der Waals surface area contributed by atoms with Crippen molar-refractivity contribution in [2.45, 2.75) is 44.7 Å². The maximum absolute atomic E-state index is 11.1. The van der Waals surface area contributed by atoms with E-state index in [1.807, 2.05) is 0 Å². The number of aromatic nitrogens is 1. The molecule has 2 fully saturated rings. The lowest BCUT2D eigenvalue weighted by atomic mass is 10.2. The molecule has 0 radical (unpaired) electrons. The molecule has 1 N–H and O–H groups in total. The standard InChI is InChI=1S/C14H20N4O2/c1-10-8-16-14(7-13(10)18(19)20)17(12-4-5-12)9-11-3-2-6-15-11/h7-8,11-12,15H,2-6,9H2,1H3. The van der Waals surface area contributed by atoms with Crippen LogP contribution in [0.25, 0.3) is 0 Å². The van der Waals surface area contributed by atoms with Crippen LogP contribution in [0.2, 0.25) is 0 Å². The molecule has 0 bridgehead atoms. The predicted octanol–water partition coefficient (Wildman–Crippen LogP) is 2.02. The molecule has 20 heavy (non-hydrogen) atoms. The summed E-state index contributed by atoms with van der Waals surface area (Å²) in [6.45, 7) is 3.71. The highest BCUT2D eigenvalue weighted by molar-refractivity contribution is 5.52. The van der Waals surface area contributed by atoms with Crippen LogP contribution in [0, 0.1) is 17.0 Å². The van der Waals surface area contributed by atoms with Crippen molar-refractivity contribution in [3.63, 3.8) is 0 Å². The van der Waals surface area contributed by atoms with Crippen molar-refractivity contribution in [1.82, 2.24) is 10.3 Å². The van der Waals surface area contributed by atoms with E-state index in [9.17, 15) is 10.1 Å². The van der Waals surface area contributed by atoms with E-state index in [0.29, 0.717) is 17.6 Å². The minimum Gasteiger partial charge on any atom is -0.352 e. The number of hydrogen-bond donors (Lipinski definition) is 1. The second-order valence-electron chi connectivity index (χ2n) is 5.76. The van der Waals surface area contributed by atoms with E-state index in [1.54, 1.807) is 19.2 Å². The highest BCUT2D eigenvalue weighted by atomic mass is 16.6.